The summed E-state index contributed by atoms with van der Waals surface area (Å²) in [6.07, 6.45) is 4.44. The van der Waals surface area contributed by atoms with Crippen molar-refractivity contribution in [3.63, 3.8) is 0 Å². The molecule has 0 spiro atoms. The Morgan fingerprint density at radius 1 is 1.39 bits per heavy atom. The van der Waals surface area contributed by atoms with Crippen molar-refractivity contribution in [2.24, 2.45) is 11.7 Å². The fourth-order valence-electron chi connectivity index (χ4n) is 2.47. The summed E-state index contributed by atoms with van der Waals surface area (Å²) in [4.78, 5) is 25.3. The van der Waals surface area contributed by atoms with E-state index in [1.807, 2.05) is 6.92 Å². The van der Waals surface area contributed by atoms with Gasteiger partial charge in [-0.2, -0.15) is 0 Å². The summed E-state index contributed by atoms with van der Waals surface area (Å²) in [5.74, 6) is -0.334. The van der Waals surface area contributed by atoms with E-state index in [0.717, 1.165) is 32.1 Å². The van der Waals surface area contributed by atoms with Gasteiger partial charge >= 0.3 is 5.97 Å². The molecule has 1 fully saturated rings. The van der Waals surface area contributed by atoms with Crippen LogP contribution < -0.4 is 5.73 Å². The monoisotopic (exact) mass is 256 g/mol. The average Bonchev–Trinajstić information content (AvgIpc) is 2.37. The number of amides is 1. The van der Waals surface area contributed by atoms with Gasteiger partial charge < -0.3 is 15.4 Å². The Labute approximate surface area is 109 Å². The number of rotatable bonds is 5. The Morgan fingerprint density at radius 2 is 2.11 bits per heavy atom. The van der Waals surface area contributed by atoms with Crippen LogP contribution in [0.15, 0.2) is 0 Å². The first kappa shape index (κ1) is 15.0. The molecule has 2 atom stereocenters. The van der Waals surface area contributed by atoms with Crippen LogP contribution in [0.25, 0.3) is 0 Å². The second-order valence-electron chi connectivity index (χ2n) is 4.96. The number of methoxy groups -OCH3 is 1. The van der Waals surface area contributed by atoms with Gasteiger partial charge in [-0.25, -0.2) is 0 Å². The first-order valence-corrected chi connectivity index (χ1v) is 6.69. The highest BCUT2D eigenvalue weighted by atomic mass is 16.5. The minimum atomic E-state index is -0.364. The molecule has 5 heteroatoms. The van der Waals surface area contributed by atoms with E-state index in [1.54, 1.807) is 4.90 Å². The minimum Gasteiger partial charge on any atom is -0.468 e. The largest absolute Gasteiger partial charge is 0.468 e. The highest BCUT2D eigenvalue weighted by Gasteiger charge is 2.29. The number of hydrogen-bond donors (Lipinski definition) is 1. The minimum absolute atomic E-state index is 0.0232. The van der Waals surface area contributed by atoms with Gasteiger partial charge in [-0.15, -0.1) is 0 Å². The zero-order valence-corrected chi connectivity index (χ0v) is 11.4. The lowest BCUT2D eigenvalue weighted by atomic mass is 9.85. The smallest absolute Gasteiger partial charge is 0.325 e. The first-order chi connectivity index (χ1) is 8.58. The molecule has 0 aliphatic heterocycles. The Morgan fingerprint density at radius 3 is 2.67 bits per heavy atom. The van der Waals surface area contributed by atoms with E-state index >= 15 is 0 Å². The number of nitrogens with two attached hydrogens (primary N) is 1. The number of ether oxygens (including phenoxy) is 1. The molecule has 104 valence electrons. The number of nitrogens with zero attached hydrogens (tertiary/aromatic N) is 1. The lowest BCUT2D eigenvalue weighted by Gasteiger charge is -2.30. The SMILES string of the molecule is CCCN(CC(=O)OC)C(=O)C1CCCC(N)C1. The standard InChI is InChI=1S/C13H24N2O3/c1-3-7-15(9-12(16)18-2)13(17)10-5-4-6-11(14)8-10/h10-11H,3-9,14H2,1-2H3. The van der Waals surface area contributed by atoms with E-state index in [4.69, 9.17) is 5.73 Å². The maximum absolute atomic E-state index is 12.3. The van der Waals surface area contributed by atoms with E-state index in [9.17, 15) is 9.59 Å². The van der Waals surface area contributed by atoms with Gasteiger partial charge in [0.15, 0.2) is 0 Å². The summed E-state index contributed by atoms with van der Waals surface area (Å²) in [5.41, 5.74) is 5.90. The number of hydrogen-bond acceptors (Lipinski definition) is 4. The van der Waals surface area contributed by atoms with Crippen molar-refractivity contribution in [1.82, 2.24) is 4.90 Å². The molecule has 5 nitrogen and oxygen atoms in total. The molecule has 18 heavy (non-hydrogen) atoms. The number of carbonyl (C=O) groups is 2. The molecule has 0 heterocycles. The van der Waals surface area contributed by atoms with Gasteiger partial charge in [-0.05, 0) is 25.7 Å². The topological polar surface area (TPSA) is 72.6 Å². The van der Waals surface area contributed by atoms with Gasteiger partial charge in [-0.1, -0.05) is 13.3 Å². The van der Waals surface area contributed by atoms with E-state index < -0.39 is 0 Å². The molecule has 0 aromatic rings. The van der Waals surface area contributed by atoms with Gasteiger partial charge in [0.05, 0.1) is 7.11 Å². The van der Waals surface area contributed by atoms with E-state index in [2.05, 4.69) is 4.74 Å². The van der Waals surface area contributed by atoms with Crippen LogP contribution in [0.3, 0.4) is 0 Å². The molecule has 2 unspecified atom stereocenters. The fourth-order valence-corrected chi connectivity index (χ4v) is 2.47. The first-order valence-electron chi connectivity index (χ1n) is 6.69. The molecule has 1 rings (SSSR count). The normalized spacial score (nSPS) is 23.5. The molecule has 0 radical (unpaired) electrons. The van der Waals surface area contributed by atoms with Crippen LogP contribution in [0.5, 0.6) is 0 Å². The zero-order chi connectivity index (χ0) is 13.5. The summed E-state index contributed by atoms with van der Waals surface area (Å²) in [7, 11) is 1.34. The van der Waals surface area contributed by atoms with Crippen molar-refractivity contribution in [3.05, 3.63) is 0 Å². The Balaban J connectivity index is 2.60. The van der Waals surface area contributed by atoms with Crippen molar-refractivity contribution < 1.29 is 14.3 Å². The van der Waals surface area contributed by atoms with Gasteiger partial charge in [-0.3, -0.25) is 9.59 Å². The van der Waals surface area contributed by atoms with E-state index in [-0.39, 0.29) is 30.4 Å². The highest BCUT2D eigenvalue weighted by Crippen LogP contribution is 2.25. The van der Waals surface area contributed by atoms with Crippen molar-refractivity contribution in [2.75, 3.05) is 20.2 Å². The summed E-state index contributed by atoms with van der Waals surface area (Å²) in [5, 5.41) is 0. The summed E-state index contributed by atoms with van der Waals surface area (Å²) < 4.78 is 4.63. The van der Waals surface area contributed by atoms with Crippen LogP contribution in [0.4, 0.5) is 0 Å². The molecule has 0 aromatic carbocycles. The lowest BCUT2D eigenvalue weighted by molar-refractivity contribution is -0.149. The van der Waals surface area contributed by atoms with Gasteiger partial charge in [0, 0.05) is 18.5 Å². The van der Waals surface area contributed by atoms with Crippen molar-refractivity contribution >= 4 is 11.9 Å². The number of esters is 1. The molecule has 0 aromatic heterocycles. The molecule has 0 saturated heterocycles. The van der Waals surface area contributed by atoms with Gasteiger partial charge in [0.1, 0.15) is 6.54 Å². The van der Waals surface area contributed by atoms with Gasteiger partial charge in [0.2, 0.25) is 5.91 Å². The van der Waals surface area contributed by atoms with Crippen LogP contribution in [-0.2, 0) is 14.3 Å². The summed E-state index contributed by atoms with van der Waals surface area (Å²) in [6.45, 7) is 2.64. The molecule has 0 bridgehead atoms. The van der Waals surface area contributed by atoms with Crippen LogP contribution in [0.1, 0.15) is 39.0 Å². The van der Waals surface area contributed by atoms with Crippen molar-refractivity contribution in [3.8, 4) is 0 Å². The van der Waals surface area contributed by atoms with Crippen molar-refractivity contribution in [2.45, 2.75) is 45.1 Å². The number of carbonyl (C=O) groups excluding carboxylic acids is 2. The molecule has 1 aliphatic carbocycles. The molecular formula is C13H24N2O3. The third-order valence-electron chi connectivity index (χ3n) is 3.42. The maximum Gasteiger partial charge on any atom is 0.325 e. The molecule has 1 saturated carbocycles. The molecular weight excluding hydrogens is 232 g/mol. The van der Waals surface area contributed by atoms with Gasteiger partial charge in [0.25, 0.3) is 0 Å². The third-order valence-corrected chi connectivity index (χ3v) is 3.42. The maximum atomic E-state index is 12.3. The Kier molecular flexibility index (Phi) is 6.12. The predicted octanol–water partition coefficient (Wildman–Crippen LogP) is 0.915. The van der Waals surface area contributed by atoms with E-state index in [0.29, 0.717) is 6.54 Å². The Bertz CT molecular complexity index is 294. The highest BCUT2D eigenvalue weighted by molar-refractivity contribution is 5.83. The van der Waals surface area contributed by atoms with E-state index in [1.165, 1.54) is 7.11 Å². The second-order valence-corrected chi connectivity index (χ2v) is 4.96. The summed E-state index contributed by atoms with van der Waals surface area (Å²) in [6, 6.07) is 0.120. The molecule has 1 aliphatic rings. The molecule has 2 N–H and O–H groups in total. The van der Waals surface area contributed by atoms with Crippen LogP contribution in [-0.4, -0.2) is 43.0 Å². The quantitative estimate of drug-likeness (QED) is 0.742. The van der Waals surface area contributed by atoms with Crippen LogP contribution >= 0.6 is 0 Å². The van der Waals surface area contributed by atoms with Crippen LogP contribution in [0.2, 0.25) is 0 Å². The molecule has 1 amide bonds. The van der Waals surface area contributed by atoms with Crippen molar-refractivity contribution in [1.29, 1.82) is 0 Å². The third kappa shape index (κ3) is 4.29. The fraction of sp³-hybridized carbons (Fsp3) is 0.846. The second kappa shape index (κ2) is 7.36. The predicted molar refractivity (Wildman–Crippen MR) is 68.8 cm³/mol. The zero-order valence-electron chi connectivity index (χ0n) is 11.4. The average molecular weight is 256 g/mol. The van der Waals surface area contributed by atoms with Crippen LogP contribution in [0, 0.1) is 5.92 Å². The Hall–Kier alpha value is -1.10. The lowest BCUT2D eigenvalue weighted by Crippen LogP contribution is -2.43. The summed E-state index contributed by atoms with van der Waals surface area (Å²) >= 11 is 0.